The van der Waals surface area contributed by atoms with Crippen LogP contribution in [-0.2, 0) is 6.42 Å². The Labute approximate surface area is 113 Å². The van der Waals surface area contributed by atoms with Gasteiger partial charge >= 0.3 is 0 Å². The number of aryl methyl sites for hydroxylation is 2. The van der Waals surface area contributed by atoms with Crippen molar-refractivity contribution in [1.82, 2.24) is 0 Å². The van der Waals surface area contributed by atoms with E-state index in [4.69, 9.17) is 4.74 Å². The number of hydrogen-bond acceptors (Lipinski definition) is 1. The van der Waals surface area contributed by atoms with E-state index < -0.39 is 0 Å². The van der Waals surface area contributed by atoms with Gasteiger partial charge in [-0.05, 0) is 68.2 Å². The molecule has 0 N–H and O–H groups in total. The highest BCUT2D eigenvalue weighted by Gasteiger charge is 2.29. The normalized spacial score (nSPS) is 16.9. The summed E-state index contributed by atoms with van der Waals surface area (Å²) in [5.74, 6) is 1.98. The van der Waals surface area contributed by atoms with E-state index in [1.807, 2.05) is 0 Å². The summed E-state index contributed by atoms with van der Waals surface area (Å²) in [6, 6.07) is 4.39. The second kappa shape index (κ2) is 5.43. The van der Waals surface area contributed by atoms with E-state index in [1.165, 1.54) is 36.0 Å². The molecule has 1 saturated carbocycles. The van der Waals surface area contributed by atoms with E-state index >= 15 is 0 Å². The van der Waals surface area contributed by atoms with E-state index in [0.29, 0.717) is 4.83 Å². The Bertz CT molecular complexity index is 396. The Hall–Kier alpha value is -0.500. The molecule has 2 rings (SSSR count). The zero-order valence-electron chi connectivity index (χ0n) is 10.9. The average molecular weight is 297 g/mol. The largest absolute Gasteiger partial charge is 0.496 e. The van der Waals surface area contributed by atoms with Gasteiger partial charge in [-0.1, -0.05) is 22.0 Å². The molecule has 94 valence electrons. The summed E-state index contributed by atoms with van der Waals surface area (Å²) >= 11 is 3.81. The van der Waals surface area contributed by atoms with Crippen molar-refractivity contribution in [3.05, 3.63) is 28.8 Å². The van der Waals surface area contributed by atoms with Crippen molar-refractivity contribution in [2.45, 2.75) is 44.4 Å². The number of halogens is 1. The molecule has 1 nitrogen and oxygen atoms in total. The third kappa shape index (κ3) is 3.25. The van der Waals surface area contributed by atoms with Crippen molar-refractivity contribution >= 4 is 15.9 Å². The Morgan fingerprint density at radius 1 is 1.35 bits per heavy atom. The monoisotopic (exact) mass is 296 g/mol. The summed E-state index contributed by atoms with van der Waals surface area (Å²) < 4.78 is 5.50. The lowest BCUT2D eigenvalue weighted by atomic mass is 9.98. The number of benzene rings is 1. The molecule has 0 aliphatic heterocycles. The van der Waals surface area contributed by atoms with Gasteiger partial charge in [0.05, 0.1) is 7.11 Å². The number of rotatable bonds is 5. The molecular formula is C15H21BrO. The van der Waals surface area contributed by atoms with Crippen molar-refractivity contribution in [3.8, 4) is 5.75 Å². The minimum Gasteiger partial charge on any atom is -0.496 e. The smallest absolute Gasteiger partial charge is 0.122 e. The molecule has 1 aromatic rings. The average Bonchev–Trinajstić information content (AvgIpc) is 3.10. The fraction of sp³-hybridized carbons (Fsp3) is 0.600. The van der Waals surface area contributed by atoms with Crippen LogP contribution in [0, 0.1) is 19.8 Å². The Morgan fingerprint density at radius 2 is 2.06 bits per heavy atom. The highest BCUT2D eigenvalue weighted by atomic mass is 79.9. The molecule has 0 heterocycles. The minimum atomic E-state index is 0.688. The molecule has 0 radical (unpaired) electrons. The van der Waals surface area contributed by atoms with Crippen molar-refractivity contribution in [2.75, 3.05) is 7.11 Å². The molecule has 0 spiro atoms. The molecule has 1 aromatic carbocycles. The lowest BCUT2D eigenvalue weighted by Crippen LogP contribution is -2.05. The Balaban J connectivity index is 2.07. The van der Waals surface area contributed by atoms with Gasteiger partial charge in [-0.2, -0.15) is 0 Å². The second-order valence-electron chi connectivity index (χ2n) is 5.15. The van der Waals surface area contributed by atoms with Crippen LogP contribution < -0.4 is 4.74 Å². The van der Waals surface area contributed by atoms with Crippen LogP contribution in [0.25, 0.3) is 0 Å². The van der Waals surface area contributed by atoms with E-state index in [1.54, 1.807) is 7.11 Å². The SMILES string of the molecule is COc1cc(C)cc(C)c1CCC(Br)C1CC1. The van der Waals surface area contributed by atoms with Crippen LogP contribution in [0.5, 0.6) is 5.75 Å². The van der Waals surface area contributed by atoms with Crippen molar-refractivity contribution < 1.29 is 4.74 Å². The Kier molecular flexibility index (Phi) is 4.13. The first kappa shape index (κ1) is 12.9. The fourth-order valence-electron chi connectivity index (χ4n) is 2.44. The second-order valence-corrected chi connectivity index (χ2v) is 6.33. The summed E-state index contributed by atoms with van der Waals surface area (Å²) in [5, 5.41) is 0. The zero-order valence-corrected chi connectivity index (χ0v) is 12.5. The zero-order chi connectivity index (χ0) is 12.4. The molecule has 1 unspecified atom stereocenters. The summed E-state index contributed by atoms with van der Waals surface area (Å²) in [5.41, 5.74) is 4.02. The maximum absolute atomic E-state index is 5.50. The summed E-state index contributed by atoms with van der Waals surface area (Å²) in [4.78, 5) is 0.688. The number of alkyl halides is 1. The third-order valence-electron chi connectivity index (χ3n) is 3.60. The minimum absolute atomic E-state index is 0.688. The summed E-state index contributed by atoms with van der Waals surface area (Å²) in [7, 11) is 1.77. The number of methoxy groups -OCH3 is 1. The van der Waals surface area contributed by atoms with Gasteiger partial charge in [-0.25, -0.2) is 0 Å². The quantitative estimate of drug-likeness (QED) is 0.731. The van der Waals surface area contributed by atoms with Gasteiger partial charge < -0.3 is 4.74 Å². The predicted molar refractivity (Wildman–Crippen MR) is 76.2 cm³/mol. The first-order valence-electron chi connectivity index (χ1n) is 6.40. The third-order valence-corrected chi connectivity index (χ3v) is 4.81. The van der Waals surface area contributed by atoms with Crippen LogP contribution in [0.3, 0.4) is 0 Å². The van der Waals surface area contributed by atoms with Crippen molar-refractivity contribution in [1.29, 1.82) is 0 Å². The van der Waals surface area contributed by atoms with E-state index in [9.17, 15) is 0 Å². The van der Waals surface area contributed by atoms with E-state index in [-0.39, 0.29) is 0 Å². The van der Waals surface area contributed by atoms with Crippen molar-refractivity contribution in [2.24, 2.45) is 5.92 Å². The van der Waals surface area contributed by atoms with E-state index in [0.717, 1.165) is 18.1 Å². The molecule has 1 aliphatic carbocycles. The van der Waals surface area contributed by atoms with Crippen LogP contribution in [0.15, 0.2) is 12.1 Å². The van der Waals surface area contributed by atoms with Gasteiger partial charge in [-0.15, -0.1) is 0 Å². The molecule has 0 saturated heterocycles. The molecular weight excluding hydrogens is 276 g/mol. The summed E-state index contributed by atoms with van der Waals surface area (Å²) in [6.07, 6.45) is 5.13. The molecule has 0 amide bonds. The fourth-order valence-corrected chi connectivity index (χ4v) is 3.19. The topological polar surface area (TPSA) is 9.23 Å². The van der Waals surface area contributed by atoms with Gasteiger partial charge in [0.2, 0.25) is 0 Å². The van der Waals surface area contributed by atoms with Crippen LogP contribution >= 0.6 is 15.9 Å². The molecule has 0 bridgehead atoms. The van der Waals surface area contributed by atoms with Gasteiger partial charge in [0.15, 0.2) is 0 Å². The lowest BCUT2D eigenvalue weighted by Gasteiger charge is -2.14. The molecule has 17 heavy (non-hydrogen) atoms. The first-order valence-corrected chi connectivity index (χ1v) is 7.31. The Morgan fingerprint density at radius 3 is 2.65 bits per heavy atom. The van der Waals surface area contributed by atoms with Crippen LogP contribution in [0.1, 0.15) is 36.0 Å². The number of ether oxygens (including phenoxy) is 1. The standard InChI is InChI=1S/C15H21BrO/c1-10-8-11(2)13(15(9-10)17-3)6-7-14(16)12-4-5-12/h8-9,12,14H,4-7H2,1-3H3. The first-order chi connectivity index (χ1) is 8.11. The van der Waals surface area contributed by atoms with Crippen LogP contribution in [-0.4, -0.2) is 11.9 Å². The van der Waals surface area contributed by atoms with Crippen molar-refractivity contribution in [3.63, 3.8) is 0 Å². The van der Waals surface area contributed by atoms with Gasteiger partial charge in [-0.3, -0.25) is 0 Å². The lowest BCUT2D eigenvalue weighted by molar-refractivity contribution is 0.408. The van der Waals surface area contributed by atoms with Crippen LogP contribution in [0.4, 0.5) is 0 Å². The number of hydrogen-bond donors (Lipinski definition) is 0. The molecule has 0 aromatic heterocycles. The van der Waals surface area contributed by atoms with Gasteiger partial charge in [0.1, 0.15) is 5.75 Å². The highest BCUT2D eigenvalue weighted by molar-refractivity contribution is 9.09. The van der Waals surface area contributed by atoms with Crippen LogP contribution in [0.2, 0.25) is 0 Å². The summed E-state index contributed by atoms with van der Waals surface area (Å²) in [6.45, 7) is 4.31. The van der Waals surface area contributed by atoms with Gasteiger partial charge in [0, 0.05) is 4.83 Å². The molecule has 1 aliphatic rings. The maximum Gasteiger partial charge on any atom is 0.122 e. The molecule has 1 fully saturated rings. The maximum atomic E-state index is 5.50. The predicted octanol–water partition coefficient (Wildman–Crippen LogP) is 4.42. The molecule has 1 atom stereocenters. The van der Waals surface area contributed by atoms with E-state index in [2.05, 4.69) is 41.9 Å². The highest BCUT2D eigenvalue weighted by Crippen LogP contribution is 2.39. The van der Waals surface area contributed by atoms with Gasteiger partial charge in [0.25, 0.3) is 0 Å². The molecule has 2 heteroatoms.